The lowest BCUT2D eigenvalue weighted by molar-refractivity contribution is 0.216. The Bertz CT molecular complexity index is 1090. The Morgan fingerprint density at radius 2 is 1.60 bits per heavy atom. The summed E-state index contributed by atoms with van der Waals surface area (Å²) in [6.45, 7) is 25.8. The van der Waals surface area contributed by atoms with Crippen LogP contribution in [0.25, 0.3) is 5.57 Å². The Kier molecular flexibility index (Phi) is 17.1. The topological polar surface area (TPSA) is 18.5 Å². The van der Waals surface area contributed by atoms with Crippen LogP contribution in [0.4, 0.5) is 0 Å². The molecule has 0 atom stereocenters. The Morgan fingerprint density at radius 1 is 1.00 bits per heavy atom. The van der Waals surface area contributed by atoms with E-state index in [1.165, 1.54) is 53.9 Å². The molecule has 1 fully saturated rings. The van der Waals surface area contributed by atoms with Gasteiger partial charge in [0.1, 0.15) is 5.82 Å². The number of hydrogen-bond donors (Lipinski definition) is 1. The molecule has 1 saturated heterocycles. The van der Waals surface area contributed by atoms with Gasteiger partial charge in [0.25, 0.3) is 0 Å². The van der Waals surface area contributed by atoms with Gasteiger partial charge in [-0.25, -0.2) is 0 Å². The highest BCUT2D eigenvalue weighted by Gasteiger charge is 2.18. The molecule has 0 saturated carbocycles. The van der Waals surface area contributed by atoms with Crippen LogP contribution < -0.4 is 5.32 Å². The van der Waals surface area contributed by atoms with E-state index >= 15 is 0 Å². The lowest BCUT2D eigenvalue weighted by atomic mass is 9.97. The monoisotopic (exact) mass is 541 g/mol. The highest BCUT2D eigenvalue weighted by molar-refractivity contribution is 5.74. The number of nitrogens with zero attached hydrogens (tertiary/aromatic N) is 2. The molecule has 2 aromatic carbocycles. The molecule has 2 aromatic rings. The predicted octanol–water partition coefficient (Wildman–Crippen LogP) is 8.89. The van der Waals surface area contributed by atoms with Crippen molar-refractivity contribution in [1.29, 1.82) is 0 Å². The summed E-state index contributed by atoms with van der Waals surface area (Å²) in [5.41, 5.74) is 7.30. The van der Waals surface area contributed by atoms with Gasteiger partial charge in [-0.15, -0.1) is 6.58 Å². The molecule has 1 aliphatic rings. The van der Waals surface area contributed by atoms with Gasteiger partial charge in [-0.2, -0.15) is 0 Å². The largest absolute Gasteiger partial charge is 0.371 e. The maximum absolute atomic E-state index is 4.40. The standard InChI is InChI=1S/C26H39N3.C9H10.C2H6/c1-8-20(3)22(5)29(7)26(27-19-23-14-16-28(6)17-15-23)18-21(4)25-13-11-10-12-24(25)9-2;1-2-6-9-7-4-3-5-8-9;1-2/h8,10-13,18,23,27H,1,4,9,14-17,19H2,2-3,5-7H3;2-5,7-8H,1,6H2;1-2H3/b22-20-,26-18-;;. The van der Waals surface area contributed by atoms with Crippen molar-refractivity contribution in [2.75, 3.05) is 33.7 Å². The van der Waals surface area contributed by atoms with Gasteiger partial charge in [-0.05, 0) is 99.5 Å². The number of benzene rings is 2. The summed E-state index contributed by atoms with van der Waals surface area (Å²) in [5, 5.41) is 3.74. The summed E-state index contributed by atoms with van der Waals surface area (Å²) in [7, 11) is 4.33. The first kappa shape index (κ1) is 34.7. The molecule has 0 aromatic heterocycles. The van der Waals surface area contributed by atoms with Crippen molar-refractivity contribution in [2.45, 2.75) is 60.3 Å². The zero-order valence-corrected chi connectivity index (χ0v) is 26.5. The number of hydrogen-bond acceptors (Lipinski definition) is 3. The van der Waals surface area contributed by atoms with E-state index in [0.717, 1.165) is 30.8 Å². The van der Waals surface area contributed by atoms with Gasteiger partial charge in [0.2, 0.25) is 0 Å². The molecule has 0 unspecified atom stereocenters. The summed E-state index contributed by atoms with van der Waals surface area (Å²) in [4.78, 5) is 4.65. The molecule has 0 radical (unpaired) electrons. The Hall–Kier alpha value is -3.30. The van der Waals surface area contributed by atoms with E-state index in [0.29, 0.717) is 5.92 Å². The number of piperidine rings is 1. The highest BCUT2D eigenvalue weighted by Crippen LogP contribution is 2.23. The van der Waals surface area contributed by atoms with Crippen molar-refractivity contribution < 1.29 is 0 Å². The average Bonchev–Trinajstić information content (AvgIpc) is 3.00. The highest BCUT2D eigenvalue weighted by atomic mass is 15.2. The van der Waals surface area contributed by atoms with E-state index in [2.05, 4.69) is 112 Å². The second kappa shape index (κ2) is 19.7. The van der Waals surface area contributed by atoms with Gasteiger partial charge in [0, 0.05) is 19.3 Å². The van der Waals surface area contributed by atoms with Crippen molar-refractivity contribution in [3.8, 4) is 0 Å². The molecule has 3 rings (SSSR count). The van der Waals surface area contributed by atoms with Crippen LogP contribution in [0, 0.1) is 5.92 Å². The lowest BCUT2D eigenvalue weighted by Crippen LogP contribution is -2.37. The number of aryl methyl sites for hydroxylation is 1. The maximum Gasteiger partial charge on any atom is 0.106 e. The van der Waals surface area contributed by atoms with Crippen LogP contribution in [0.5, 0.6) is 0 Å². The Morgan fingerprint density at radius 3 is 2.17 bits per heavy atom. The summed E-state index contributed by atoms with van der Waals surface area (Å²) in [6.07, 6.45) is 10.5. The molecule has 0 bridgehead atoms. The number of rotatable bonds is 11. The second-order valence-electron chi connectivity index (χ2n) is 10.2. The minimum atomic E-state index is 0.712. The van der Waals surface area contributed by atoms with Crippen LogP contribution >= 0.6 is 0 Å². The third-order valence-electron chi connectivity index (χ3n) is 7.43. The van der Waals surface area contributed by atoms with E-state index in [9.17, 15) is 0 Å². The fourth-order valence-corrected chi connectivity index (χ4v) is 4.54. The number of nitrogens with one attached hydrogen (secondary N) is 1. The van der Waals surface area contributed by atoms with Crippen molar-refractivity contribution in [2.24, 2.45) is 5.92 Å². The van der Waals surface area contributed by atoms with E-state index < -0.39 is 0 Å². The fourth-order valence-electron chi connectivity index (χ4n) is 4.54. The lowest BCUT2D eigenvalue weighted by Gasteiger charge is -2.32. The molecule has 3 heteroatoms. The average molecular weight is 542 g/mol. The van der Waals surface area contributed by atoms with E-state index in [1.54, 1.807) is 0 Å². The molecule has 1 heterocycles. The molecule has 0 aliphatic carbocycles. The third-order valence-corrected chi connectivity index (χ3v) is 7.43. The van der Waals surface area contributed by atoms with Crippen LogP contribution in [0.15, 0.2) is 110 Å². The van der Waals surface area contributed by atoms with Crippen molar-refractivity contribution in [3.05, 3.63) is 126 Å². The number of allylic oxidation sites excluding steroid dienone is 6. The minimum absolute atomic E-state index is 0.712. The predicted molar refractivity (Wildman–Crippen MR) is 179 cm³/mol. The van der Waals surface area contributed by atoms with Crippen LogP contribution in [-0.2, 0) is 12.8 Å². The first-order valence-corrected chi connectivity index (χ1v) is 14.9. The Balaban J connectivity index is 0.000000609. The SMILES string of the molecule is C=C/C(C)=C(/C)N(C)/C(=C\C(=C)c1ccccc1CC)NCC1CCN(C)CC1.C=CCc1ccccc1.CC. The van der Waals surface area contributed by atoms with Crippen molar-refractivity contribution >= 4 is 5.57 Å². The summed E-state index contributed by atoms with van der Waals surface area (Å²) in [5.74, 6) is 1.81. The van der Waals surface area contributed by atoms with Crippen LogP contribution in [0.2, 0.25) is 0 Å². The molecule has 0 spiro atoms. The summed E-state index contributed by atoms with van der Waals surface area (Å²) < 4.78 is 0. The van der Waals surface area contributed by atoms with Crippen LogP contribution in [0.3, 0.4) is 0 Å². The maximum atomic E-state index is 4.40. The normalized spacial score (nSPS) is 14.4. The third kappa shape index (κ3) is 11.8. The zero-order valence-electron chi connectivity index (χ0n) is 26.5. The summed E-state index contributed by atoms with van der Waals surface area (Å²) >= 11 is 0. The molecule has 3 nitrogen and oxygen atoms in total. The minimum Gasteiger partial charge on any atom is -0.371 e. The van der Waals surface area contributed by atoms with Crippen LogP contribution in [0.1, 0.15) is 64.2 Å². The van der Waals surface area contributed by atoms with Crippen molar-refractivity contribution in [1.82, 2.24) is 15.1 Å². The molecule has 1 N–H and O–H groups in total. The quantitative estimate of drug-likeness (QED) is 0.226. The first-order valence-electron chi connectivity index (χ1n) is 14.9. The molecule has 40 heavy (non-hydrogen) atoms. The van der Waals surface area contributed by atoms with Gasteiger partial charge in [-0.1, -0.05) is 101 Å². The van der Waals surface area contributed by atoms with Crippen LogP contribution in [-0.4, -0.2) is 43.5 Å². The second-order valence-corrected chi connectivity index (χ2v) is 10.2. The molecule has 0 amide bonds. The van der Waals surface area contributed by atoms with Gasteiger partial charge in [0.05, 0.1) is 0 Å². The Labute approximate surface area is 246 Å². The summed E-state index contributed by atoms with van der Waals surface area (Å²) in [6, 6.07) is 18.9. The molecular formula is C37H55N3. The smallest absolute Gasteiger partial charge is 0.106 e. The number of likely N-dealkylation sites (tertiary alicyclic amines) is 1. The van der Waals surface area contributed by atoms with E-state index in [1.807, 2.05) is 44.2 Å². The van der Waals surface area contributed by atoms with E-state index in [4.69, 9.17) is 0 Å². The van der Waals surface area contributed by atoms with Gasteiger partial charge in [-0.3, -0.25) is 0 Å². The first-order chi connectivity index (χ1) is 19.3. The molecule has 218 valence electrons. The molecule has 1 aliphatic heterocycles. The van der Waals surface area contributed by atoms with E-state index in [-0.39, 0.29) is 0 Å². The zero-order chi connectivity index (χ0) is 29.9. The molecular weight excluding hydrogens is 486 g/mol. The van der Waals surface area contributed by atoms with Crippen molar-refractivity contribution in [3.63, 3.8) is 0 Å². The van der Waals surface area contributed by atoms with Gasteiger partial charge >= 0.3 is 0 Å². The fraction of sp³-hybridized carbons (Fsp3) is 0.405. The van der Waals surface area contributed by atoms with Gasteiger partial charge < -0.3 is 15.1 Å². The van der Waals surface area contributed by atoms with Gasteiger partial charge in [0.15, 0.2) is 0 Å².